The van der Waals surface area contributed by atoms with E-state index in [1.54, 1.807) is 0 Å². The molecule has 0 aromatic heterocycles. The topological polar surface area (TPSA) is 52.0 Å². The first kappa shape index (κ1) is 13.9. The summed E-state index contributed by atoms with van der Waals surface area (Å²) < 4.78 is 0. The van der Waals surface area contributed by atoms with Crippen molar-refractivity contribution in [3.8, 4) is 0 Å². The highest BCUT2D eigenvalue weighted by molar-refractivity contribution is 4.95. The molecule has 0 aliphatic rings. The molecular formula is C12H28N2. The van der Waals surface area contributed by atoms with Gasteiger partial charge in [0, 0.05) is 11.6 Å². The molecule has 0 saturated carbocycles. The van der Waals surface area contributed by atoms with Gasteiger partial charge in [-0.2, -0.15) is 0 Å². The van der Waals surface area contributed by atoms with Crippen molar-refractivity contribution < 1.29 is 0 Å². The van der Waals surface area contributed by atoms with Gasteiger partial charge in [-0.05, 0) is 25.7 Å². The summed E-state index contributed by atoms with van der Waals surface area (Å²) in [6.45, 7) is 10.7. The van der Waals surface area contributed by atoms with Gasteiger partial charge in [0.05, 0.1) is 0 Å². The third-order valence-electron chi connectivity index (χ3n) is 3.07. The van der Waals surface area contributed by atoms with E-state index >= 15 is 0 Å². The summed E-state index contributed by atoms with van der Waals surface area (Å²) in [5.74, 6) is 0. The lowest BCUT2D eigenvalue weighted by Crippen LogP contribution is -2.57. The first-order valence-corrected chi connectivity index (χ1v) is 5.76. The van der Waals surface area contributed by atoms with Crippen molar-refractivity contribution in [2.45, 2.75) is 71.9 Å². The van der Waals surface area contributed by atoms with Crippen LogP contribution in [0.1, 0.15) is 60.3 Å². The lowest BCUT2D eigenvalue weighted by atomic mass is 9.72. The standard InChI is InChI=1S/C12H28N2/c1-6-7-8-9-11(2,3)10(13)12(4,5)14/h10H,6-9,13-14H2,1-5H3. The molecule has 0 amide bonds. The molecule has 4 N–H and O–H groups in total. The summed E-state index contributed by atoms with van der Waals surface area (Å²) in [6, 6.07) is 0.0619. The molecular weight excluding hydrogens is 172 g/mol. The van der Waals surface area contributed by atoms with E-state index in [2.05, 4.69) is 20.8 Å². The molecule has 86 valence electrons. The summed E-state index contributed by atoms with van der Waals surface area (Å²) >= 11 is 0. The molecule has 0 rings (SSSR count). The fourth-order valence-electron chi connectivity index (χ4n) is 1.99. The van der Waals surface area contributed by atoms with Crippen molar-refractivity contribution in [1.82, 2.24) is 0 Å². The number of unbranched alkanes of at least 4 members (excludes halogenated alkanes) is 2. The van der Waals surface area contributed by atoms with Crippen LogP contribution in [-0.2, 0) is 0 Å². The Labute approximate surface area is 89.4 Å². The molecule has 0 bridgehead atoms. The molecule has 0 heterocycles. The molecule has 2 nitrogen and oxygen atoms in total. The van der Waals surface area contributed by atoms with Crippen LogP contribution in [0, 0.1) is 5.41 Å². The number of nitrogens with two attached hydrogens (primary N) is 2. The van der Waals surface area contributed by atoms with Gasteiger partial charge in [0.1, 0.15) is 0 Å². The van der Waals surface area contributed by atoms with Gasteiger partial charge in [-0.15, -0.1) is 0 Å². The van der Waals surface area contributed by atoms with Crippen molar-refractivity contribution in [3.63, 3.8) is 0 Å². The van der Waals surface area contributed by atoms with Crippen LogP contribution in [0.4, 0.5) is 0 Å². The van der Waals surface area contributed by atoms with Crippen molar-refractivity contribution in [2.24, 2.45) is 16.9 Å². The smallest absolute Gasteiger partial charge is 0.0268 e. The van der Waals surface area contributed by atoms with Crippen LogP contribution < -0.4 is 11.5 Å². The summed E-state index contributed by atoms with van der Waals surface area (Å²) in [7, 11) is 0. The first-order chi connectivity index (χ1) is 6.22. The van der Waals surface area contributed by atoms with Gasteiger partial charge in [-0.25, -0.2) is 0 Å². The first-order valence-electron chi connectivity index (χ1n) is 5.76. The Morgan fingerprint density at radius 2 is 1.57 bits per heavy atom. The van der Waals surface area contributed by atoms with E-state index in [1.807, 2.05) is 13.8 Å². The van der Waals surface area contributed by atoms with Gasteiger partial charge >= 0.3 is 0 Å². The number of hydrogen-bond donors (Lipinski definition) is 2. The largest absolute Gasteiger partial charge is 0.326 e. The quantitative estimate of drug-likeness (QED) is 0.648. The Morgan fingerprint density at radius 3 is 1.93 bits per heavy atom. The second-order valence-electron chi connectivity index (χ2n) is 5.74. The van der Waals surface area contributed by atoms with Crippen LogP contribution in [0.15, 0.2) is 0 Å². The maximum Gasteiger partial charge on any atom is 0.0268 e. The highest BCUT2D eigenvalue weighted by Crippen LogP contribution is 2.31. The summed E-state index contributed by atoms with van der Waals surface area (Å²) in [5.41, 5.74) is 12.1. The number of hydrogen-bond acceptors (Lipinski definition) is 2. The fraction of sp³-hybridized carbons (Fsp3) is 1.00. The molecule has 0 aliphatic carbocycles. The SMILES string of the molecule is CCCCCC(C)(C)C(N)C(C)(C)N. The molecule has 0 radical (unpaired) electrons. The van der Waals surface area contributed by atoms with Crippen molar-refractivity contribution in [3.05, 3.63) is 0 Å². The Bertz CT molecular complexity index is 156. The molecule has 0 aromatic carbocycles. The minimum Gasteiger partial charge on any atom is -0.326 e. The highest BCUT2D eigenvalue weighted by atomic mass is 14.9. The Morgan fingerprint density at radius 1 is 1.07 bits per heavy atom. The van der Waals surface area contributed by atoms with Gasteiger partial charge in [0.25, 0.3) is 0 Å². The van der Waals surface area contributed by atoms with Gasteiger partial charge in [-0.1, -0.05) is 40.0 Å². The molecule has 1 atom stereocenters. The molecule has 2 heteroatoms. The van der Waals surface area contributed by atoms with Crippen LogP contribution in [0.2, 0.25) is 0 Å². The van der Waals surface area contributed by atoms with E-state index in [0.29, 0.717) is 0 Å². The van der Waals surface area contributed by atoms with Crippen molar-refractivity contribution >= 4 is 0 Å². The predicted octanol–water partition coefficient (Wildman–Crippen LogP) is 2.66. The highest BCUT2D eigenvalue weighted by Gasteiger charge is 2.34. The minimum absolute atomic E-state index is 0.0619. The van der Waals surface area contributed by atoms with Crippen LogP contribution in [0.25, 0.3) is 0 Å². The summed E-state index contributed by atoms with van der Waals surface area (Å²) in [4.78, 5) is 0. The maximum atomic E-state index is 6.19. The van der Waals surface area contributed by atoms with E-state index in [-0.39, 0.29) is 17.0 Å². The second kappa shape index (κ2) is 5.13. The summed E-state index contributed by atoms with van der Waals surface area (Å²) in [5, 5.41) is 0. The van der Waals surface area contributed by atoms with E-state index in [1.165, 1.54) is 25.7 Å². The van der Waals surface area contributed by atoms with Gasteiger partial charge < -0.3 is 11.5 Å². The van der Waals surface area contributed by atoms with Crippen LogP contribution >= 0.6 is 0 Å². The predicted molar refractivity (Wildman–Crippen MR) is 64.2 cm³/mol. The van der Waals surface area contributed by atoms with Crippen LogP contribution in [-0.4, -0.2) is 11.6 Å². The second-order valence-corrected chi connectivity index (χ2v) is 5.74. The molecule has 1 unspecified atom stereocenters. The van der Waals surface area contributed by atoms with Gasteiger partial charge in [0.15, 0.2) is 0 Å². The summed E-state index contributed by atoms with van der Waals surface area (Å²) in [6.07, 6.45) is 4.98. The normalized spacial score (nSPS) is 15.6. The molecule has 0 aliphatic heterocycles. The van der Waals surface area contributed by atoms with Crippen molar-refractivity contribution in [2.75, 3.05) is 0 Å². The maximum absolute atomic E-state index is 6.19. The fourth-order valence-corrected chi connectivity index (χ4v) is 1.99. The third kappa shape index (κ3) is 4.43. The average Bonchev–Trinajstić information content (AvgIpc) is 2.01. The van der Waals surface area contributed by atoms with E-state index < -0.39 is 0 Å². The van der Waals surface area contributed by atoms with Gasteiger partial charge in [0.2, 0.25) is 0 Å². The van der Waals surface area contributed by atoms with E-state index in [9.17, 15) is 0 Å². The lowest BCUT2D eigenvalue weighted by molar-refractivity contribution is 0.187. The van der Waals surface area contributed by atoms with E-state index in [0.717, 1.165) is 0 Å². The molecule has 14 heavy (non-hydrogen) atoms. The van der Waals surface area contributed by atoms with Crippen LogP contribution in [0.3, 0.4) is 0 Å². The van der Waals surface area contributed by atoms with Crippen molar-refractivity contribution in [1.29, 1.82) is 0 Å². The molecule has 0 fully saturated rings. The molecule has 0 aromatic rings. The Balaban J connectivity index is 4.16. The minimum atomic E-state index is -0.282. The zero-order valence-electron chi connectivity index (χ0n) is 10.6. The Hall–Kier alpha value is -0.0800. The zero-order chi connectivity index (χ0) is 11.4. The molecule has 0 saturated heterocycles. The van der Waals surface area contributed by atoms with Crippen LogP contribution in [0.5, 0.6) is 0 Å². The van der Waals surface area contributed by atoms with E-state index in [4.69, 9.17) is 11.5 Å². The average molecular weight is 200 g/mol. The molecule has 0 spiro atoms. The monoisotopic (exact) mass is 200 g/mol. The third-order valence-corrected chi connectivity index (χ3v) is 3.07. The lowest BCUT2D eigenvalue weighted by Gasteiger charge is -2.40. The Kier molecular flexibility index (Phi) is 5.10. The number of rotatable bonds is 6. The zero-order valence-corrected chi connectivity index (χ0v) is 10.6. The van der Waals surface area contributed by atoms with Gasteiger partial charge in [-0.3, -0.25) is 0 Å².